The molecule has 1 aromatic carbocycles. The van der Waals surface area contributed by atoms with E-state index in [0.717, 1.165) is 0 Å². The molecule has 0 fully saturated rings. The quantitative estimate of drug-likeness (QED) is 0.853. The first-order valence-electron chi connectivity index (χ1n) is 3.68. The van der Waals surface area contributed by atoms with Crippen molar-refractivity contribution < 1.29 is 18.3 Å². The summed E-state index contributed by atoms with van der Waals surface area (Å²) in [4.78, 5) is -0.102. The van der Waals surface area contributed by atoms with Crippen LogP contribution in [0.4, 0.5) is 0 Å². The zero-order chi connectivity index (χ0) is 10.8. The predicted molar refractivity (Wildman–Crippen MR) is 52.3 cm³/mol. The highest BCUT2D eigenvalue weighted by atomic mass is 35.5. The predicted octanol–water partition coefficient (Wildman–Crippen LogP) is 1.07. The van der Waals surface area contributed by atoms with Crippen molar-refractivity contribution in [2.75, 3.05) is 13.0 Å². The van der Waals surface area contributed by atoms with Crippen LogP contribution in [0.25, 0.3) is 0 Å². The molecular formula is C8H9ClO4S. The smallest absolute Gasteiger partial charge is 0.205 e. The van der Waals surface area contributed by atoms with E-state index >= 15 is 0 Å². The summed E-state index contributed by atoms with van der Waals surface area (Å²) in [6, 6.07) is 4.19. The number of hydrogen-bond acceptors (Lipinski definition) is 4. The van der Waals surface area contributed by atoms with Gasteiger partial charge in [-0.1, -0.05) is 11.6 Å². The van der Waals surface area contributed by atoms with Gasteiger partial charge in [0, 0.05) is 5.02 Å². The fourth-order valence-electron chi connectivity index (χ4n) is 0.963. The third-order valence-corrected chi connectivity index (χ3v) is 3.19. The minimum atomic E-state index is -3.72. The van der Waals surface area contributed by atoms with Gasteiger partial charge in [0.15, 0.2) is 0 Å². The molecule has 78 valence electrons. The molecule has 0 unspecified atom stereocenters. The lowest BCUT2D eigenvalue weighted by Crippen LogP contribution is -2.07. The first kappa shape index (κ1) is 11.3. The van der Waals surface area contributed by atoms with E-state index in [2.05, 4.69) is 0 Å². The molecule has 6 heteroatoms. The molecule has 1 rings (SSSR count). The Balaban J connectivity index is 3.39. The molecule has 0 atom stereocenters. The molecule has 1 aromatic rings. The van der Waals surface area contributed by atoms with Crippen LogP contribution in [-0.2, 0) is 9.84 Å². The normalized spacial score (nSPS) is 11.4. The van der Waals surface area contributed by atoms with Crippen LogP contribution in [-0.4, -0.2) is 26.6 Å². The van der Waals surface area contributed by atoms with E-state index < -0.39 is 15.8 Å². The van der Waals surface area contributed by atoms with Gasteiger partial charge in [-0.05, 0) is 18.2 Å². The number of methoxy groups -OCH3 is 1. The summed E-state index contributed by atoms with van der Waals surface area (Å²) in [6.07, 6.45) is 0. The van der Waals surface area contributed by atoms with Crippen molar-refractivity contribution in [1.82, 2.24) is 0 Å². The summed E-state index contributed by atoms with van der Waals surface area (Å²) in [6.45, 7) is 0. The first-order chi connectivity index (χ1) is 6.51. The highest BCUT2D eigenvalue weighted by molar-refractivity contribution is 7.91. The zero-order valence-corrected chi connectivity index (χ0v) is 8.97. The highest BCUT2D eigenvalue weighted by Gasteiger charge is 2.18. The van der Waals surface area contributed by atoms with Crippen molar-refractivity contribution in [2.45, 2.75) is 4.90 Å². The van der Waals surface area contributed by atoms with Gasteiger partial charge in [0.1, 0.15) is 16.6 Å². The van der Waals surface area contributed by atoms with Crippen LogP contribution in [0.3, 0.4) is 0 Å². The standard InChI is InChI=1S/C8H9ClO4S/c1-13-7-3-2-6(9)4-8(7)14(11,12)5-10/h2-4,10H,5H2,1H3. The van der Waals surface area contributed by atoms with E-state index in [4.69, 9.17) is 21.4 Å². The highest BCUT2D eigenvalue weighted by Crippen LogP contribution is 2.27. The third kappa shape index (κ3) is 2.17. The number of sulfone groups is 1. The second kappa shape index (κ2) is 4.16. The van der Waals surface area contributed by atoms with E-state index in [1.54, 1.807) is 0 Å². The van der Waals surface area contributed by atoms with Gasteiger partial charge in [-0.25, -0.2) is 8.42 Å². The molecule has 1 N–H and O–H groups in total. The van der Waals surface area contributed by atoms with E-state index in [-0.39, 0.29) is 15.7 Å². The van der Waals surface area contributed by atoms with Crippen LogP contribution in [0.5, 0.6) is 5.75 Å². The third-order valence-electron chi connectivity index (χ3n) is 1.63. The van der Waals surface area contributed by atoms with E-state index in [0.29, 0.717) is 0 Å². The Bertz CT molecular complexity index is 427. The molecule has 0 saturated heterocycles. The monoisotopic (exact) mass is 236 g/mol. The van der Waals surface area contributed by atoms with Gasteiger partial charge < -0.3 is 9.84 Å². The maximum absolute atomic E-state index is 11.3. The Morgan fingerprint density at radius 2 is 2.14 bits per heavy atom. The molecule has 0 spiro atoms. The SMILES string of the molecule is COc1ccc(Cl)cc1S(=O)(=O)CO. The van der Waals surface area contributed by atoms with Gasteiger partial charge in [-0.2, -0.15) is 0 Å². The molecule has 0 saturated carbocycles. The second-order valence-electron chi connectivity index (χ2n) is 2.54. The number of halogens is 1. The number of ether oxygens (including phenoxy) is 1. The topological polar surface area (TPSA) is 63.6 Å². The number of hydrogen-bond donors (Lipinski definition) is 1. The first-order valence-corrected chi connectivity index (χ1v) is 5.71. The summed E-state index contributed by atoms with van der Waals surface area (Å²) in [7, 11) is -2.37. The number of benzene rings is 1. The van der Waals surface area contributed by atoms with Gasteiger partial charge in [-0.15, -0.1) is 0 Å². The molecule has 0 amide bonds. The van der Waals surface area contributed by atoms with Crippen LogP contribution in [0, 0.1) is 0 Å². The Morgan fingerprint density at radius 3 is 2.64 bits per heavy atom. The Hall–Kier alpha value is -0.780. The lowest BCUT2D eigenvalue weighted by Gasteiger charge is -2.07. The van der Waals surface area contributed by atoms with Crippen molar-refractivity contribution in [3.05, 3.63) is 23.2 Å². The van der Waals surface area contributed by atoms with E-state index in [1.807, 2.05) is 0 Å². The van der Waals surface area contributed by atoms with Crippen LogP contribution < -0.4 is 4.74 Å². The fourth-order valence-corrected chi connectivity index (χ4v) is 2.10. The van der Waals surface area contributed by atoms with Gasteiger partial charge in [0.2, 0.25) is 9.84 Å². The van der Waals surface area contributed by atoms with Crippen molar-refractivity contribution in [3.8, 4) is 5.75 Å². The van der Waals surface area contributed by atoms with Gasteiger partial charge >= 0.3 is 0 Å². The largest absolute Gasteiger partial charge is 0.495 e. The molecule has 4 nitrogen and oxygen atoms in total. The van der Waals surface area contributed by atoms with Gasteiger partial charge in [-0.3, -0.25) is 0 Å². The van der Waals surface area contributed by atoms with Crippen LogP contribution in [0.15, 0.2) is 23.1 Å². The van der Waals surface area contributed by atoms with Crippen molar-refractivity contribution in [3.63, 3.8) is 0 Å². The maximum atomic E-state index is 11.3. The molecule has 0 aromatic heterocycles. The number of aliphatic hydroxyl groups is 1. The average Bonchev–Trinajstić information content (AvgIpc) is 2.18. The summed E-state index contributed by atoms with van der Waals surface area (Å²) in [5.74, 6) is -0.799. The van der Waals surface area contributed by atoms with E-state index in [9.17, 15) is 8.42 Å². The van der Waals surface area contributed by atoms with Gasteiger partial charge in [0.05, 0.1) is 7.11 Å². The molecule has 0 radical (unpaired) electrons. The number of aliphatic hydroxyl groups excluding tert-OH is 1. The Morgan fingerprint density at radius 1 is 1.50 bits per heavy atom. The second-order valence-corrected chi connectivity index (χ2v) is 4.90. The molecule has 0 heterocycles. The van der Waals surface area contributed by atoms with Crippen molar-refractivity contribution in [2.24, 2.45) is 0 Å². The average molecular weight is 237 g/mol. The number of rotatable bonds is 3. The van der Waals surface area contributed by atoms with Crippen LogP contribution in [0.1, 0.15) is 0 Å². The van der Waals surface area contributed by atoms with Crippen LogP contribution >= 0.6 is 11.6 Å². The summed E-state index contributed by atoms with van der Waals surface area (Å²) >= 11 is 5.64. The Kier molecular flexibility index (Phi) is 3.36. The molecule has 0 aliphatic carbocycles. The fraction of sp³-hybridized carbons (Fsp3) is 0.250. The summed E-state index contributed by atoms with van der Waals surface area (Å²) in [5, 5.41) is 8.95. The molecule has 0 aliphatic rings. The minimum Gasteiger partial charge on any atom is -0.495 e. The van der Waals surface area contributed by atoms with Crippen LogP contribution in [0.2, 0.25) is 5.02 Å². The lowest BCUT2D eigenvalue weighted by atomic mass is 10.3. The van der Waals surface area contributed by atoms with Crippen molar-refractivity contribution in [1.29, 1.82) is 0 Å². The molecule has 0 aliphatic heterocycles. The summed E-state index contributed by atoms with van der Waals surface area (Å²) in [5.41, 5.74) is 0. The molecular weight excluding hydrogens is 228 g/mol. The van der Waals surface area contributed by atoms with Gasteiger partial charge in [0.25, 0.3) is 0 Å². The summed E-state index contributed by atoms with van der Waals surface area (Å²) < 4.78 is 27.5. The lowest BCUT2D eigenvalue weighted by molar-refractivity contribution is 0.356. The molecule has 0 bridgehead atoms. The minimum absolute atomic E-state index is 0.102. The van der Waals surface area contributed by atoms with Crippen molar-refractivity contribution >= 4 is 21.4 Å². The Labute approximate surface area is 87.0 Å². The maximum Gasteiger partial charge on any atom is 0.205 e. The van der Waals surface area contributed by atoms with E-state index in [1.165, 1.54) is 25.3 Å². The zero-order valence-electron chi connectivity index (χ0n) is 7.40. The molecule has 14 heavy (non-hydrogen) atoms.